The molecule has 0 rings (SSSR count). The minimum atomic E-state index is -0.913. The van der Waals surface area contributed by atoms with E-state index in [2.05, 4.69) is 20.8 Å². The number of aliphatic hydroxyl groups excluding tert-OH is 1. The van der Waals surface area contributed by atoms with Crippen molar-refractivity contribution >= 4 is 7.26 Å². The fourth-order valence-electron chi connectivity index (χ4n) is 4.57. The summed E-state index contributed by atoms with van der Waals surface area (Å²) in [5.41, 5.74) is 0. The lowest BCUT2D eigenvalue weighted by Gasteiger charge is -2.27. The van der Waals surface area contributed by atoms with E-state index in [9.17, 15) is 5.11 Å². The van der Waals surface area contributed by atoms with Crippen LogP contribution in [0.2, 0.25) is 0 Å². The Morgan fingerprint density at radius 2 is 0.690 bits per heavy atom. The lowest BCUT2D eigenvalue weighted by atomic mass is 10.1. The molecule has 0 saturated carbocycles. The second kappa shape index (κ2) is 25.1. The van der Waals surface area contributed by atoms with E-state index < -0.39 is 7.26 Å². The highest BCUT2D eigenvalue weighted by atomic mass is 79.9. The lowest BCUT2D eigenvalue weighted by molar-refractivity contribution is -0.00000754. The second-order valence-electron chi connectivity index (χ2n) is 9.26. The third kappa shape index (κ3) is 20.5. The summed E-state index contributed by atoms with van der Waals surface area (Å²) in [7, 11) is -0.913. The van der Waals surface area contributed by atoms with Crippen LogP contribution >= 0.6 is 7.26 Å². The summed E-state index contributed by atoms with van der Waals surface area (Å²) in [4.78, 5) is 0. The summed E-state index contributed by atoms with van der Waals surface area (Å²) in [5.74, 6) is 0. The van der Waals surface area contributed by atoms with Gasteiger partial charge >= 0.3 is 0 Å². The maximum Gasteiger partial charge on any atom is 0.0825 e. The van der Waals surface area contributed by atoms with Crippen molar-refractivity contribution in [3.8, 4) is 0 Å². The number of hydrogen-bond donors (Lipinski definition) is 1. The summed E-state index contributed by atoms with van der Waals surface area (Å²) in [6.45, 7) is 7.35. The quantitative estimate of drug-likeness (QED) is 0.135. The normalized spacial score (nSPS) is 11.6. The molecule has 0 aliphatic rings. The Hall–Kier alpha value is 0.870. The van der Waals surface area contributed by atoms with Crippen molar-refractivity contribution in [3.63, 3.8) is 0 Å². The third-order valence-corrected chi connectivity index (χ3v) is 11.5. The molecule has 178 valence electrons. The third-order valence-electron chi connectivity index (χ3n) is 6.53. The van der Waals surface area contributed by atoms with E-state index in [1.807, 2.05) is 0 Å². The van der Waals surface area contributed by atoms with E-state index in [-0.39, 0.29) is 17.0 Å². The Labute approximate surface area is 196 Å². The highest BCUT2D eigenvalue weighted by molar-refractivity contribution is 7.75. The molecular formula is C26H56BrOP. The van der Waals surface area contributed by atoms with E-state index in [4.69, 9.17) is 0 Å². The predicted molar refractivity (Wildman–Crippen MR) is 134 cm³/mol. The first-order valence-corrected chi connectivity index (χ1v) is 15.7. The number of rotatable bonds is 23. The van der Waals surface area contributed by atoms with Gasteiger partial charge in [-0.05, 0) is 38.5 Å². The van der Waals surface area contributed by atoms with Crippen molar-refractivity contribution in [2.24, 2.45) is 0 Å². The number of hydrogen-bond acceptors (Lipinski definition) is 1. The van der Waals surface area contributed by atoms with Gasteiger partial charge in [-0.3, -0.25) is 0 Å². The van der Waals surface area contributed by atoms with Crippen LogP contribution < -0.4 is 17.0 Å². The molecule has 1 nitrogen and oxygen atoms in total. The molecule has 0 aromatic carbocycles. The van der Waals surface area contributed by atoms with E-state index in [0.717, 1.165) is 6.16 Å². The molecule has 0 heterocycles. The zero-order valence-electron chi connectivity index (χ0n) is 20.5. The van der Waals surface area contributed by atoms with Crippen LogP contribution in [0.3, 0.4) is 0 Å². The molecule has 0 radical (unpaired) electrons. The van der Waals surface area contributed by atoms with Crippen molar-refractivity contribution in [1.82, 2.24) is 0 Å². The van der Waals surface area contributed by atoms with Crippen molar-refractivity contribution in [1.29, 1.82) is 0 Å². The molecule has 0 bridgehead atoms. The van der Waals surface area contributed by atoms with Gasteiger partial charge in [-0.1, -0.05) is 97.8 Å². The minimum Gasteiger partial charge on any atom is -1.00 e. The molecule has 1 N–H and O–H groups in total. The van der Waals surface area contributed by atoms with Crippen LogP contribution in [0.25, 0.3) is 0 Å². The van der Waals surface area contributed by atoms with E-state index in [1.54, 1.807) is 0 Å². The molecule has 0 aromatic heterocycles. The number of halogens is 1. The average Bonchev–Trinajstić information content (AvgIpc) is 2.70. The van der Waals surface area contributed by atoms with Crippen LogP contribution in [-0.4, -0.2) is 36.4 Å². The fourth-order valence-corrected chi connectivity index (χ4v) is 9.01. The molecule has 0 unspecified atom stereocenters. The Balaban J connectivity index is 0. The molecule has 0 atom stereocenters. The van der Waals surface area contributed by atoms with E-state index >= 15 is 0 Å². The van der Waals surface area contributed by atoms with Crippen LogP contribution in [-0.2, 0) is 0 Å². The summed E-state index contributed by atoms with van der Waals surface area (Å²) < 4.78 is 0. The molecule has 0 aromatic rings. The number of aliphatic hydroxyl groups is 1. The zero-order valence-corrected chi connectivity index (χ0v) is 23.0. The smallest absolute Gasteiger partial charge is 0.0825 e. The Kier molecular flexibility index (Phi) is 27.8. The van der Waals surface area contributed by atoms with Gasteiger partial charge in [-0.2, -0.15) is 0 Å². The van der Waals surface area contributed by atoms with Crippen molar-refractivity contribution in [2.75, 3.05) is 31.3 Å². The molecular weight excluding hydrogens is 439 g/mol. The maximum absolute atomic E-state index is 9.85. The first-order chi connectivity index (χ1) is 13.7. The van der Waals surface area contributed by atoms with Crippen LogP contribution in [0.1, 0.15) is 136 Å². The van der Waals surface area contributed by atoms with Crippen LogP contribution in [0.5, 0.6) is 0 Å². The fraction of sp³-hybridized carbons (Fsp3) is 1.00. The van der Waals surface area contributed by atoms with Crippen LogP contribution in [0, 0.1) is 0 Å². The first kappa shape index (κ1) is 32.1. The molecule has 0 spiro atoms. The van der Waals surface area contributed by atoms with Gasteiger partial charge < -0.3 is 22.1 Å². The highest BCUT2D eigenvalue weighted by Gasteiger charge is 2.34. The molecule has 0 saturated heterocycles. The SMILES string of the molecule is CCCCCCCC[P+](CCO)(CCCCCCCC)CCCCCCCC.[Br-]. The van der Waals surface area contributed by atoms with Crippen molar-refractivity contribution in [3.05, 3.63) is 0 Å². The maximum atomic E-state index is 9.85. The lowest BCUT2D eigenvalue weighted by Crippen LogP contribution is -3.00. The highest BCUT2D eigenvalue weighted by Crippen LogP contribution is 2.60. The summed E-state index contributed by atoms with van der Waals surface area (Å²) >= 11 is 0. The zero-order chi connectivity index (χ0) is 20.8. The summed E-state index contributed by atoms with van der Waals surface area (Å²) in [6.07, 6.45) is 31.0. The monoisotopic (exact) mass is 494 g/mol. The molecule has 0 aliphatic carbocycles. The van der Waals surface area contributed by atoms with Gasteiger partial charge in [0.15, 0.2) is 0 Å². The molecule has 0 amide bonds. The van der Waals surface area contributed by atoms with Gasteiger partial charge in [0.2, 0.25) is 0 Å². The predicted octanol–water partition coefficient (Wildman–Crippen LogP) is 6.08. The van der Waals surface area contributed by atoms with Gasteiger partial charge in [0.25, 0.3) is 0 Å². The van der Waals surface area contributed by atoms with Crippen molar-refractivity contribution < 1.29 is 22.1 Å². The Bertz CT molecular complexity index is 258. The first-order valence-electron chi connectivity index (χ1n) is 13.2. The van der Waals surface area contributed by atoms with Gasteiger partial charge in [0.1, 0.15) is 0 Å². The second-order valence-corrected chi connectivity index (χ2v) is 13.7. The Morgan fingerprint density at radius 3 is 0.966 bits per heavy atom. The minimum absolute atomic E-state index is 0. The topological polar surface area (TPSA) is 20.2 Å². The van der Waals surface area contributed by atoms with Gasteiger partial charge in [0.05, 0.1) is 31.3 Å². The molecule has 0 fully saturated rings. The van der Waals surface area contributed by atoms with Crippen molar-refractivity contribution in [2.45, 2.75) is 136 Å². The van der Waals surface area contributed by atoms with E-state index in [1.165, 1.54) is 134 Å². The van der Waals surface area contributed by atoms with Crippen LogP contribution in [0.15, 0.2) is 0 Å². The summed E-state index contributed by atoms with van der Waals surface area (Å²) in [6, 6.07) is 0. The van der Waals surface area contributed by atoms with Crippen LogP contribution in [0.4, 0.5) is 0 Å². The van der Waals surface area contributed by atoms with Gasteiger partial charge in [-0.25, -0.2) is 0 Å². The molecule has 0 aliphatic heterocycles. The van der Waals surface area contributed by atoms with E-state index in [0.29, 0.717) is 6.61 Å². The number of unbranched alkanes of at least 4 members (excludes halogenated alkanes) is 15. The van der Waals surface area contributed by atoms with Gasteiger partial charge in [-0.15, -0.1) is 0 Å². The summed E-state index contributed by atoms with van der Waals surface area (Å²) in [5, 5.41) is 9.85. The Morgan fingerprint density at radius 1 is 0.414 bits per heavy atom. The standard InChI is InChI=1S/C26H56OP.BrH/c1-4-7-10-13-16-19-23-28(26-22-27,24-20-17-14-11-8-5-2)25-21-18-15-12-9-6-3;/h27H,4-26H2,1-3H3;1H/q+1;/p-1. The van der Waals surface area contributed by atoms with Gasteiger partial charge in [0, 0.05) is 7.26 Å². The average molecular weight is 496 g/mol. The molecule has 3 heteroatoms. The molecule has 29 heavy (non-hydrogen) atoms. The largest absolute Gasteiger partial charge is 1.00 e.